The van der Waals surface area contributed by atoms with Crippen LogP contribution in [0.2, 0.25) is 0 Å². The molecule has 0 heterocycles. The Bertz CT molecular complexity index is 297. The molecular formula is C9H10N2. The van der Waals surface area contributed by atoms with Crippen LogP contribution in [0.1, 0.15) is 11.1 Å². The SMILES string of the molecule is CNc1cc(C)cc(C#N)c1. The molecule has 1 N–H and O–H groups in total. The summed E-state index contributed by atoms with van der Waals surface area (Å²) in [6, 6.07) is 7.79. The van der Waals surface area contributed by atoms with Crippen molar-refractivity contribution in [1.29, 1.82) is 5.26 Å². The van der Waals surface area contributed by atoms with Crippen LogP contribution in [0.15, 0.2) is 18.2 Å². The summed E-state index contributed by atoms with van der Waals surface area (Å²) in [7, 11) is 1.84. The highest BCUT2D eigenvalue weighted by Crippen LogP contribution is 2.12. The molecule has 0 saturated carbocycles. The molecule has 1 aromatic carbocycles. The van der Waals surface area contributed by atoms with Gasteiger partial charge < -0.3 is 5.32 Å². The predicted octanol–water partition coefficient (Wildman–Crippen LogP) is 1.91. The van der Waals surface area contributed by atoms with E-state index >= 15 is 0 Å². The van der Waals surface area contributed by atoms with Gasteiger partial charge in [0.25, 0.3) is 0 Å². The summed E-state index contributed by atoms with van der Waals surface area (Å²) in [6.45, 7) is 1.97. The van der Waals surface area contributed by atoms with E-state index in [0.717, 1.165) is 11.3 Å². The lowest BCUT2D eigenvalue weighted by Gasteiger charge is -2.01. The van der Waals surface area contributed by atoms with E-state index in [1.54, 1.807) is 0 Å². The van der Waals surface area contributed by atoms with Crippen LogP contribution in [-0.2, 0) is 0 Å². The molecule has 0 radical (unpaired) electrons. The maximum absolute atomic E-state index is 8.60. The van der Waals surface area contributed by atoms with Crippen molar-refractivity contribution in [3.8, 4) is 6.07 Å². The standard InChI is InChI=1S/C9H10N2/c1-7-3-8(6-10)5-9(4-7)11-2/h3-5,11H,1-2H3. The molecule has 0 amide bonds. The van der Waals surface area contributed by atoms with Crippen molar-refractivity contribution in [1.82, 2.24) is 0 Å². The van der Waals surface area contributed by atoms with Gasteiger partial charge in [-0.2, -0.15) is 5.26 Å². The van der Waals surface area contributed by atoms with E-state index in [0.29, 0.717) is 5.56 Å². The monoisotopic (exact) mass is 146 g/mol. The summed E-state index contributed by atoms with van der Waals surface area (Å²) in [5.41, 5.74) is 2.80. The van der Waals surface area contributed by atoms with E-state index in [9.17, 15) is 0 Å². The highest BCUT2D eigenvalue weighted by atomic mass is 14.8. The molecule has 2 heteroatoms. The summed E-state index contributed by atoms with van der Waals surface area (Å²) < 4.78 is 0. The molecule has 0 aliphatic rings. The Kier molecular flexibility index (Phi) is 2.12. The topological polar surface area (TPSA) is 35.8 Å². The summed E-state index contributed by atoms with van der Waals surface area (Å²) in [4.78, 5) is 0. The second-order valence-corrected chi connectivity index (χ2v) is 2.45. The van der Waals surface area contributed by atoms with Crippen LogP contribution in [0, 0.1) is 18.3 Å². The highest BCUT2D eigenvalue weighted by molar-refractivity contribution is 5.51. The third-order valence-electron chi connectivity index (χ3n) is 1.50. The van der Waals surface area contributed by atoms with Crippen LogP contribution in [0.5, 0.6) is 0 Å². The Morgan fingerprint density at radius 2 is 2.09 bits per heavy atom. The normalized spacial score (nSPS) is 8.82. The zero-order chi connectivity index (χ0) is 8.27. The van der Waals surface area contributed by atoms with Crippen molar-refractivity contribution in [3.05, 3.63) is 29.3 Å². The van der Waals surface area contributed by atoms with Crippen molar-refractivity contribution >= 4 is 5.69 Å². The molecular weight excluding hydrogens is 136 g/mol. The number of anilines is 1. The van der Waals surface area contributed by atoms with E-state index in [-0.39, 0.29) is 0 Å². The first kappa shape index (κ1) is 7.62. The summed E-state index contributed by atoms with van der Waals surface area (Å²) >= 11 is 0. The molecule has 56 valence electrons. The van der Waals surface area contributed by atoms with E-state index in [1.807, 2.05) is 32.2 Å². The van der Waals surface area contributed by atoms with Gasteiger partial charge in [-0.15, -0.1) is 0 Å². The summed E-state index contributed by atoms with van der Waals surface area (Å²) in [5.74, 6) is 0. The minimum Gasteiger partial charge on any atom is -0.388 e. The fourth-order valence-corrected chi connectivity index (χ4v) is 0.992. The average Bonchev–Trinajstić information content (AvgIpc) is 2.03. The van der Waals surface area contributed by atoms with E-state index in [4.69, 9.17) is 5.26 Å². The summed E-state index contributed by atoms with van der Waals surface area (Å²) in [5, 5.41) is 11.6. The molecule has 0 fully saturated rings. The molecule has 0 aromatic heterocycles. The summed E-state index contributed by atoms with van der Waals surface area (Å²) in [6.07, 6.45) is 0. The average molecular weight is 146 g/mol. The smallest absolute Gasteiger partial charge is 0.0992 e. The van der Waals surface area contributed by atoms with Crippen LogP contribution in [0.3, 0.4) is 0 Å². The number of aryl methyl sites for hydroxylation is 1. The molecule has 1 aromatic rings. The number of benzene rings is 1. The van der Waals surface area contributed by atoms with Crippen molar-refractivity contribution < 1.29 is 0 Å². The van der Waals surface area contributed by atoms with Gasteiger partial charge in [0.2, 0.25) is 0 Å². The van der Waals surface area contributed by atoms with Crippen molar-refractivity contribution in [2.75, 3.05) is 12.4 Å². The first-order valence-corrected chi connectivity index (χ1v) is 3.46. The van der Waals surface area contributed by atoms with Gasteiger partial charge in [0.05, 0.1) is 11.6 Å². The highest BCUT2D eigenvalue weighted by Gasteiger charge is 1.94. The molecule has 2 nitrogen and oxygen atoms in total. The van der Waals surface area contributed by atoms with Gasteiger partial charge in [0.1, 0.15) is 0 Å². The number of hydrogen-bond acceptors (Lipinski definition) is 2. The third-order valence-corrected chi connectivity index (χ3v) is 1.50. The van der Waals surface area contributed by atoms with Gasteiger partial charge in [0, 0.05) is 12.7 Å². The lowest BCUT2D eigenvalue weighted by atomic mass is 10.1. The molecule has 0 atom stereocenters. The number of nitriles is 1. The maximum Gasteiger partial charge on any atom is 0.0992 e. The van der Waals surface area contributed by atoms with Crippen molar-refractivity contribution in [2.45, 2.75) is 6.92 Å². The van der Waals surface area contributed by atoms with Crippen molar-refractivity contribution in [2.24, 2.45) is 0 Å². The maximum atomic E-state index is 8.60. The third kappa shape index (κ3) is 1.71. The molecule has 0 aliphatic carbocycles. The second-order valence-electron chi connectivity index (χ2n) is 2.45. The fourth-order valence-electron chi connectivity index (χ4n) is 0.992. The Hall–Kier alpha value is -1.49. The van der Waals surface area contributed by atoms with Gasteiger partial charge in [-0.05, 0) is 30.7 Å². The number of nitrogens with one attached hydrogen (secondary N) is 1. The van der Waals surface area contributed by atoms with Crippen LogP contribution in [0.4, 0.5) is 5.69 Å². The minimum atomic E-state index is 0.703. The number of hydrogen-bond donors (Lipinski definition) is 1. The molecule has 11 heavy (non-hydrogen) atoms. The van der Waals surface area contributed by atoms with Crippen LogP contribution >= 0.6 is 0 Å². The lowest BCUT2D eigenvalue weighted by molar-refractivity contribution is 1.39. The van der Waals surface area contributed by atoms with E-state index in [2.05, 4.69) is 11.4 Å². The second kappa shape index (κ2) is 3.07. The molecule has 0 saturated heterocycles. The Labute approximate surface area is 66.5 Å². The van der Waals surface area contributed by atoms with E-state index < -0.39 is 0 Å². The zero-order valence-corrected chi connectivity index (χ0v) is 6.68. The molecule has 1 rings (SSSR count). The fraction of sp³-hybridized carbons (Fsp3) is 0.222. The van der Waals surface area contributed by atoms with Gasteiger partial charge in [-0.1, -0.05) is 0 Å². The minimum absolute atomic E-state index is 0.703. The molecule has 0 unspecified atom stereocenters. The van der Waals surface area contributed by atoms with Crippen LogP contribution in [-0.4, -0.2) is 7.05 Å². The number of nitrogens with zero attached hydrogens (tertiary/aromatic N) is 1. The predicted molar refractivity (Wildman–Crippen MR) is 45.4 cm³/mol. The van der Waals surface area contributed by atoms with Gasteiger partial charge in [-0.25, -0.2) is 0 Å². The molecule has 0 spiro atoms. The Balaban J connectivity index is 3.15. The van der Waals surface area contributed by atoms with Gasteiger partial charge in [-0.3, -0.25) is 0 Å². The lowest BCUT2D eigenvalue weighted by Crippen LogP contribution is -1.89. The van der Waals surface area contributed by atoms with Crippen molar-refractivity contribution in [3.63, 3.8) is 0 Å². The van der Waals surface area contributed by atoms with Crippen LogP contribution < -0.4 is 5.32 Å². The van der Waals surface area contributed by atoms with Gasteiger partial charge >= 0.3 is 0 Å². The first-order chi connectivity index (χ1) is 5.26. The number of rotatable bonds is 1. The molecule has 0 aliphatic heterocycles. The van der Waals surface area contributed by atoms with Crippen LogP contribution in [0.25, 0.3) is 0 Å². The Morgan fingerprint density at radius 3 is 2.64 bits per heavy atom. The zero-order valence-electron chi connectivity index (χ0n) is 6.68. The Morgan fingerprint density at radius 1 is 1.36 bits per heavy atom. The van der Waals surface area contributed by atoms with Gasteiger partial charge in [0.15, 0.2) is 0 Å². The quantitative estimate of drug-likeness (QED) is 0.656. The molecule has 0 bridgehead atoms. The largest absolute Gasteiger partial charge is 0.388 e. The first-order valence-electron chi connectivity index (χ1n) is 3.46. The van der Waals surface area contributed by atoms with E-state index in [1.165, 1.54) is 0 Å².